The summed E-state index contributed by atoms with van der Waals surface area (Å²) in [5.41, 5.74) is 1.18. The average Bonchev–Trinajstić information content (AvgIpc) is 3.22. The van der Waals surface area contributed by atoms with Gasteiger partial charge in [0.25, 0.3) is 0 Å². The van der Waals surface area contributed by atoms with Crippen LogP contribution in [0, 0.1) is 5.92 Å². The SMILES string of the molecule is CNCC(OCCC1CC1)c1cccc(OC)c1. The molecule has 1 unspecified atom stereocenters. The molecule has 1 aliphatic carbocycles. The lowest BCUT2D eigenvalue weighted by Gasteiger charge is -2.18. The van der Waals surface area contributed by atoms with Gasteiger partial charge in [-0.1, -0.05) is 25.0 Å². The average molecular weight is 249 g/mol. The lowest BCUT2D eigenvalue weighted by Crippen LogP contribution is -2.20. The van der Waals surface area contributed by atoms with Crippen molar-refractivity contribution in [3.63, 3.8) is 0 Å². The molecule has 0 saturated heterocycles. The Kier molecular flexibility index (Phi) is 5.02. The van der Waals surface area contributed by atoms with Crippen molar-refractivity contribution >= 4 is 0 Å². The predicted octanol–water partition coefficient (Wildman–Crippen LogP) is 2.77. The summed E-state index contributed by atoms with van der Waals surface area (Å²) in [7, 11) is 3.65. The molecule has 1 atom stereocenters. The first-order valence-electron chi connectivity index (χ1n) is 6.73. The third-order valence-electron chi connectivity index (χ3n) is 3.40. The largest absolute Gasteiger partial charge is 0.497 e. The van der Waals surface area contributed by atoms with Gasteiger partial charge in [-0.3, -0.25) is 0 Å². The zero-order valence-corrected chi connectivity index (χ0v) is 11.3. The van der Waals surface area contributed by atoms with Crippen LogP contribution in [-0.4, -0.2) is 27.3 Å². The Bertz CT molecular complexity index is 363. The van der Waals surface area contributed by atoms with E-state index in [1.54, 1.807) is 7.11 Å². The van der Waals surface area contributed by atoms with Crippen LogP contribution in [0.4, 0.5) is 0 Å². The first-order valence-corrected chi connectivity index (χ1v) is 6.73. The highest BCUT2D eigenvalue weighted by Crippen LogP contribution is 2.33. The van der Waals surface area contributed by atoms with Gasteiger partial charge >= 0.3 is 0 Å². The number of benzene rings is 1. The molecule has 1 aromatic carbocycles. The van der Waals surface area contributed by atoms with Crippen molar-refractivity contribution in [3.05, 3.63) is 29.8 Å². The van der Waals surface area contributed by atoms with Gasteiger partial charge in [-0.15, -0.1) is 0 Å². The van der Waals surface area contributed by atoms with Crippen molar-refractivity contribution in [2.45, 2.75) is 25.4 Å². The maximum absolute atomic E-state index is 6.00. The third kappa shape index (κ3) is 4.00. The number of hydrogen-bond donors (Lipinski definition) is 1. The number of hydrogen-bond acceptors (Lipinski definition) is 3. The summed E-state index contributed by atoms with van der Waals surface area (Å²) in [5, 5.41) is 3.19. The molecular weight excluding hydrogens is 226 g/mol. The summed E-state index contributed by atoms with van der Waals surface area (Å²) in [5.74, 6) is 1.81. The first kappa shape index (κ1) is 13.4. The van der Waals surface area contributed by atoms with Gasteiger partial charge in [0.1, 0.15) is 5.75 Å². The standard InChI is InChI=1S/C15H23NO2/c1-16-11-15(18-9-8-12-6-7-12)13-4-3-5-14(10-13)17-2/h3-5,10,12,15-16H,6-9,11H2,1-2H3. The zero-order chi connectivity index (χ0) is 12.8. The molecule has 100 valence electrons. The van der Waals surface area contributed by atoms with Gasteiger partial charge in [-0.2, -0.15) is 0 Å². The molecule has 2 rings (SSSR count). The predicted molar refractivity (Wildman–Crippen MR) is 73.0 cm³/mol. The van der Waals surface area contributed by atoms with E-state index in [9.17, 15) is 0 Å². The van der Waals surface area contributed by atoms with Crippen molar-refractivity contribution in [3.8, 4) is 5.75 Å². The van der Waals surface area contributed by atoms with Crippen LogP contribution in [0.3, 0.4) is 0 Å². The highest BCUT2D eigenvalue weighted by atomic mass is 16.5. The summed E-state index contributed by atoms with van der Waals surface area (Å²) < 4.78 is 11.3. The molecule has 18 heavy (non-hydrogen) atoms. The van der Waals surface area contributed by atoms with Gasteiger partial charge < -0.3 is 14.8 Å². The maximum atomic E-state index is 6.00. The number of rotatable bonds is 8. The minimum Gasteiger partial charge on any atom is -0.497 e. The van der Waals surface area contributed by atoms with Gasteiger partial charge in [-0.25, -0.2) is 0 Å². The van der Waals surface area contributed by atoms with E-state index in [1.165, 1.54) is 24.8 Å². The molecular formula is C15H23NO2. The van der Waals surface area contributed by atoms with Gasteiger partial charge in [0.2, 0.25) is 0 Å². The summed E-state index contributed by atoms with van der Waals surface area (Å²) in [6.07, 6.45) is 4.09. The number of methoxy groups -OCH3 is 1. The van der Waals surface area contributed by atoms with E-state index in [2.05, 4.69) is 17.4 Å². The van der Waals surface area contributed by atoms with Gasteiger partial charge in [0.15, 0.2) is 0 Å². The van der Waals surface area contributed by atoms with E-state index in [0.29, 0.717) is 0 Å². The fraction of sp³-hybridized carbons (Fsp3) is 0.600. The van der Waals surface area contributed by atoms with Crippen molar-refractivity contribution in [1.29, 1.82) is 0 Å². The molecule has 0 amide bonds. The minimum atomic E-state index is 0.115. The Morgan fingerprint density at radius 2 is 2.22 bits per heavy atom. The smallest absolute Gasteiger partial charge is 0.119 e. The van der Waals surface area contributed by atoms with E-state index in [1.807, 2.05) is 19.2 Å². The summed E-state index contributed by atoms with van der Waals surface area (Å²) >= 11 is 0. The van der Waals surface area contributed by atoms with Crippen LogP contribution < -0.4 is 10.1 Å². The molecule has 0 aromatic heterocycles. The fourth-order valence-corrected chi connectivity index (χ4v) is 2.08. The van der Waals surface area contributed by atoms with E-state index < -0.39 is 0 Å². The number of ether oxygens (including phenoxy) is 2. The highest BCUT2D eigenvalue weighted by molar-refractivity contribution is 5.30. The zero-order valence-electron chi connectivity index (χ0n) is 11.3. The fourth-order valence-electron chi connectivity index (χ4n) is 2.08. The van der Waals surface area contributed by atoms with Crippen LogP contribution in [0.15, 0.2) is 24.3 Å². The molecule has 1 aliphatic rings. The lowest BCUT2D eigenvalue weighted by atomic mass is 10.1. The molecule has 0 radical (unpaired) electrons. The molecule has 1 saturated carbocycles. The lowest BCUT2D eigenvalue weighted by molar-refractivity contribution is 0.0497. The summed E-state index contributed by atoms with van der Waals surface area (Å²) in [6, 6.07) is 8.13. The second-order valence-corrected chi connectivity index (χ2v) is 4.93. The van der Waals surface area contributed by atoms with E-state index in [-0.39, 0.29) is 6.10 Å². The highest BCUT2D eigenvalue weighted by Gasteiger charge is 2.21. The van der Waals surface area contributed by atoms with Crippen LogP contribution in [0.2, 0.25) is 0 Å². The first-order chi connectivity index (χ1) is 8.83. The Morgan fingerprint density at radius 3 is 2.89 bits per heavy atom. The molecule has 0 heterocycles. The molecule has 0 bridgehead atoms. The molecule has 1 aromatic rings. The van der Waals surface area contributed by atoms with Gasteiger partial charge in [0, 0.05) is 13.2 Å². The molecule has 3 nitrogen and oxygen atoms in total. The molecule has 0 aliphatic heterocycles. The normalized spacial score (nSPS) is 16.6. The second-order valence-electron chi connectivity index (χ2n) is 4.93. The topological polar surface area (TPSA) is 30.5 Å². The minimum absolute atomic E-state index is 0.115. The Morgan fingerprint density at radius 1 is 1.39 bits per heavy atom. The molecule has 0 spiro atoms. The van der Waals surface area contributed by atoms with E-state index in [0.717, 1.165) is 24.8 Å². The quantitative estimate of drug-likeness (QED) is 0.768. The van der Waals surface area contributed by atoms with Crippen molar-refractivity contribution in [1.82, 2.24) is 5.32 Å². The Hall–Kier alpha value is -1.06. The van der Waals surface area contributed by atoms with E-state index >= 15 is 0 Å². The summed E-state index contributed by atoms with van der Waals surface area (Å²) in [4.78, 5) is 0. The Balaban J connectivity index is 1.92. The molecule has 3 heteroatoms. The maximum Gasteiger partial charge on any atom is 0.119 e. The second kappa shape index (κ2) is 6.76. The molecule has 1 fully saturated rings. The van der Waals surface area contributed by atoms with Crippen LogP contribution >= 0.6 is 0 Å². The number of likely N-dealkylation sites (N-methyl/N-ethyl adjacent to an activating group) is 1. The van der Waals surface area contributed by atoms with Gasteiger partial charge in [-0.05, 0) is 37.1 Å². The number of nitrogens with one attached hydrogen (secondary N) is 1. The van der Waals surface area contributed by atoms with Crippen LogP contribution in [0.25, 0.3) is 0 Å². The third-order valence-corrected chi connectivity index (χ3v) is 3.40. The van der Waals surface area contributed by atoms with Crippen LogP contribution in [0.5, 0.6) is 5.75 Å². The molecule has 1 N–H and O–H groups in total. The van der Waals surface area contributed by atoms with E-state index in [4.69, 9.17) is 9.47 Å². The monoisotopic (exact) mass is 249 g/mol. The van der Waals surface area contributed by atoms with Crippen molar-refractivity contribution in [2.24, 2.45) is 5.92 Å². The Labute approximate surface area is 109 Å². The van der Waals surface area contributed by atoms with Crippen LogP contribution in [-0.2, 0) is 4.74 Å². The van der Waals surface area contributed by atoms with Crippen LogP contribution in [0.1, 0.15) is 30.9 Å². The van der Waals surface area contributed by atoms with Crippen molar-refractivity contribution in [2.75, 3.05) is 27.3 Å². The van der Waals surface area contributed by atoms with Gasteiger partial charge in [0.05, 0.1) is 13.2 Å². The summed E-state index contributed by atoms with van der Waals surface area (Å²) in [6.45, 7) is 1.69. The van der Waals surface area contributed by atoms with Crippen molar-refractivity contribution < 1.29 is 9.47 Å².